The summed E-state index contributed by atoms with van der Waals surface area (Å²) in [5.74, 6) is -1.35. The van der Waals surface area contributed by atoms with E-state index >= 15 is 0 Å². The van der Waals surface area contributed by atoms with Gasteiger partial charge in [0.15, 0.2) is 5.78 Å². The van der Waals surface area contributed by atoms with Crippen molar-refractivity contribution in [1.82, 2.24) is 4.90 Å². The van der Waals surface area contributed by atoms with Crippen molar-refractivity contribution in [1.29, 1.82) is 0 Å². The Morgan fingerprint density at radius 1 is 0.929 bits per heavy atom. The number of benzene rings is 2. The van der Waals surface area contributed by atoms with E-state index in [1.807, 2.05) is 42.5 Å². The van der Waals surface area contributed by atoms with Crippen molar-refractivity contribution in [2.75, 3.05) is 0 Å². The molecule has 0 aromatic heterocycles. The fourth-order valence-corrected chi connectivity index (χ4v) is 4.26. The first-order valence-corrected chi connectivity index (χ1v) is 9.77. The lowest BCUT2D eigenvalue weighted by Crippen LogP contribution is -2.48. The topological polar surface area (TPSA) is 74.7 Å². The Kier molecular flexibility index (Phi) is 4.99. The van der Waals surface area contributed by atoms with Gasteiger partial charge in [-0.2, -0.15) is 0 Å². The van der Waals surface area contributed by atoms with Crippen LogP contribution in [-0.4, -0.2) is 33.7 Å². The van der Waals surface area contributed by atoms with Crippen LogP contribution in [0.15, 0.2) is 42.5 Å². The number of ketones is 1. The number of hydrogen-bond donors (Lipinski definition) is 1. The van der Waals surface area contributed by atoms with E-state index in [1.165, 1.54) is 16.0 Å². The van der Waals surface area contributed by atoms with E-state index < -0.39 is 12.0 Å². The minimum Gasteiger partial charge on any atom is -0.480 e. The van der Waals surface area contributed by atoms with Crippen molar-refractivity contribution in [3.8, 4) is 0 Å². The number of aliphatic carboxylic acids is 1. The average molecular weight is 377 g/mol. The van der Waals surface area contributed by atoms with Gasteiger partial charge < -0.3 is 10.0 Å². The van der Waals surface area contributed by atoms with Gasteiger partial charge in [0.2, 0.25) is 5.91 Å². The van der Waals surface area contributed by atoms with Gasteiger partial charge >= 0.3 is 5.97 Å². The van der Waals surface area contributed by atoms with E-state index in [0.29, 0.717) is 12.0 Å². The maximum atomic E-state index is 12.8. The van der Waals surface area contributed by atoms with Gasteiger partial charge in [-0.05, 0) is 47.6 Å². The lowest BCUT2D eigenvalue weighted by Gasteiger charge is -2.34. The molecule has 1 unspecified atom stereocenters. The summed E-state index contributed by atoms with van der Waals surface area (Å²) in [6.45, 7) is 0.277. The van der Waals surface area contributed by atoms with E-state index in [2.05, 4.69) is 0 Å². The molecule has 2 aromatic carbocycles. The van der Waals surface area contributed by atoms with Crippen LogP contribution in [0.2, 0.25) is 0 Å². The number of carbonyl (C=O) groups excluding carboxylic acids is 2. The Morgan fingerprint density at radius 3 is 2.46 bits per heavy atom. The van der Waals surface area contributed by atoms with Gasteiger partial charge in [0.25, 0.3) is 0 Å². The molecule has 0 saturated heterocycles. The Labute approximate surface area is 164 Å². The maximum absolute atomic E-state index is 12.8. The van der Waals surface area contributed by atoms with Crippen LogP contribution in [0.5, 0.6) is 0 Å². The molecule has 5 nitrogen and oxygen atoms in total. The average Bonchev–Trinajstić information content (AvgIpc) is 3.18. The van der Waals surface area contributed by atoms with Crippen molar-refractivity contribution in [2.24, 2.45) is 0 Å². The van der Waals surface area contributed by atoms with Crippen molar-refractivity contribution in [3.05, 3.63) is 70.3 Å². The lowest BCUT2D eigenvalue weighted by atomic mass is 9.93. The number of Topliss-reactive ketones (excluding diaryl/α,β-unsaturated/α-hetero) is 1. The molecular weight excluding hydrogens is 354 g/mol. The van der Waals surface area contributed by atoms with Crippen LogP contribution >= 0.6 is 0 Å². The number of amides is 1. The molecule has 2 aliphatic rings. The number of hydrogen-bond acceptors (Lipinski definition) is 3. The van der Waals surface area contributed by atoms with Crippen LogP contribution < -0.4 is 0 Å². The second kappa shape index (κ2) is 7.58. The largest absolute Gasteiger partial charge is 0.480 e. The molecule has 0 fully saturated rings. The molecule has 1 aliphatic heterocycles. The smallest absolute Gasteiger partial charge is 0.326 e. The zero-order chi connectivity index (χ0) is 19.7. The minimum absolute atomic E-state index is 0.0296. The Bertz CT molecular complexity index is 949. The van der Waals surface area contributed by atoms with E-state index in [1.54, 1.807) is 0 Å². The quantitative estimate of drug-likeness (QED) is 0.812. The molecule has 144 valence electrons. The Balaban J connectivity index is 1.44. The van der Waals surface area contributed by atoms with Gasteiger partial charge in [0.1, 0.15) is 6.04 Å². The standard InChI is InChI=1S/C23H23NO4/c25-21(18-9-8-15-6-3-7-16(15)12-18)10-11-22(26)24-14-19-5-2-1-4-17(19)13-20(24)23(27)28/h1-2,4-5,8-9,12,20H,3,6-7,10-11,13-14H2,(H,27,28). The fraction of sp³-hybridized carbons (Fsp3) is 0.348. The molecule has 1 heterocycles. The van der Waals surface area contributed by atoms with E-state index in [4.69, 9.17) is 0 Å². The first kappa shape index (κ1) is 18.4. The fourth-order valence-electron chi connectivity index (χ4n) is 4.26. The third-order valence-corrected chi connectivity index (χ3v) is 5.84. The summed E-state index contributed by atoms with van der Waals surface area (Å²) < 4.78 is 0. The third kappa shape index (κ3) is 3.57. The van der Waals surface area contributed by atoms with Crippen molar-refractivity contribution in [3.63, 3.8) is 0 Å². The van der Waals surface area contributed by atoms with Crippen LogP contribution in [0, 0.1) is 0 Å². The highest BCUT2D eigenvalue weighted by atomic mass is 16.4. The summed E-state index contributed by atoms with van der Waals surface area (Å²) in [6, 6.07) is 12.5. The van der Waals surface area contributed by atoms with Gasteiger partial charge in [-0.25, -0.2) is 4.79 Å². The van der Waals surface area contributed by atoms with Crippen LogP contribution in [-0.2, 0) is 35.4 Å². The molecule has 1 amide bonds. The second-order valence-electron chi connectivity index (χ2n) is 7.61. The van der Waals surface area contributed by atoms with E-state index in [9.17, 15) is 19.5 Å². The number of nitrogens with zero attached hydrogens (tertiary/aromatic N) is 1. The highest BCUT2D eigenvalue weighted by Gasteiger charge is 2.34. The SMILES string of the molecule is O=C(CCC(=O)N1Cc2ccccc2CC1C(=O)O)c1ccc2c(c1)CCC2. The molecule has 5 heteroatoms. The Hall–Kier alpha value is -2.95. The van der Waals surface area contributed by atoms with E-state index in [-0.39, 0.29) is 31.1 Å². The van der Waals surface area contributed by atoms with Gasteiger partial charge in [0.05, 0.1) is 0 Å². The molecule has 28 heavy (non-hydrogen) atoms. The molecule has 1 atom stereocenters. The summed E-state index contributed by atoms with van der Waals surface area (Å²) in [4.78, 5) is 38.4. The second-order valence-corrected chi connectivity index (χ2v) is 7.61. The predicted molar refractivity (Wildman–Crippen MR) is 104 cm³/mol. The van der Waals surface area contributed by atoms with Gasteiger partial charge in [-0.3, -0.25) is 9.59 Å². The van der Waals surface area contributed by atoms with Crippen LogP contribution in [0.25, 0.3) is 0 Å². The summed E-state index contributed by atoms with van der Waals surface area (Å²) in [5, 5.41) is 9.57. The maximum Gasteiger partial charge on any atom is 0.326 e. The normalized spacial score (nSPS) is 17.7. The number of rotatable bonds is 5. The molecule has 2 aromatic rings. The molecule has 4 rings (SSSR count). The van der Waals surface area contributed by atoms with Crippen molar-refractivity contribution >= 4 is 17.7 Å². The first-order valence-electron chi connectivity index (χ1n) is 9.77. The van der Waals surface area contributed by atoms with Crippen LogP contribution in [0.3, 0.4) is 0 Å². The lowest BCUT2D eigenvalue weighted by molar-refractivity contribution is -0.151. The summed E-state index contributed by atoms with van der Waals surface area (Å²) in [5.41, 5.74) is 5.12. The highest BCUT2D eigenvalue weighted by Crippen LogP contribution is 2.26. The molecule has 0 radical (unpaired) electrons. The highest BCUT2D eigenvalue weighted by molar-refractivity contribution is 5.98. The molecule has 1 aliphatic carbocycles. The minimum atomic E-state index is -1.01. The number of fused-ring (bicyclic) bond motifs is 2. The molecule has 1 N–H and O–H groups in total. The zero-order valence-corrected chi connectivity index (χ0v) is 15.7. The van der Waals surface area contributed by atoms with Crippen LogP contribution in [0.4, 0.5) is 0 Å². The summed E-state index contributed by atoms with van der Waals surface area (Å²) >= 11 is 0. The third-order valence-electron chi connectivity index (χ3n) is 5.84. The van der Waals surface area contributed by atoms with Gasteiger partial charge in [-0.1, -0.05) is 36.4 Å². The Morgan fingerprint density at radius 2 is 1.68 bits per heavy atom. The predicted octanol–water partition coefficient (Wildman–Crippen LogP) is 3.18. The van der Waals surface area contributed by atoms with Crippen molar-refractivity contribution < 1.29 is 19.5 Å². The molecular formula is C23H23NO4. The summed E-state index contributed by atoms with van der Waals surface area (Å²) in [7, 11) is 0. The van der Waals surface area contributed by atoms with Crippen LogP contribution in [0.1, 0.15) is 51.9 Å². The van der Waals surface area contributed by atoms with Gasteiger partial charge in [0, 0.05) is 31.4 Å². The summed E-state index contributed by atoms with van der Waals surface area (Å²) in [6.07, 6.45) is 3.62. The first-order chi connectivity index (χ1) is 13.5. The number of carbonyl (C=O) groups is 3. The molecule has 0 saturated carbocycles. The van der Waals surface area contributed by atoms with E-state index in [0.717, 1.165) is 30.4 Å². The number of aryl methyl sites for hydroxylation is 2. The van der Waals surface area contributed by atoms with Crippen molar-refractivity contribution in [2.45, 2.75) is 51.1 Å². The molecule has 0 spiro atoms. The van der Waals surface area contributed by atoms with Gasteiger partial charge in [-0.15, -0.1) is 0 Å². The number of carboxylic acids is 1. The molecule has 0 bridgehead atoms. The monoisotopic (exact) mass is 377 g/mol. The zero-order valence-electron chi connectivity index (χ0n) is 15.7. The number of carboxylic acid groups (broad SMARTS) is 1.